The van der Waals surface area contributed by atoms with E-state index in [2.05, 4.69) is 10.0 Å². The maximum atomic E-state index is 13.5. The summed E-state index contributed by atoms with van der Waals surface area (Å²) in [5.41, 5.74) is 8.40. The van der Waals surface area contributed by atoms with Gasteiger partial charge in [0.1, 0.15) is 12.4 Å². The molecule has 1 aromatic heterocycles. The zero-order valence-electron chi connectivity index (χ0n) is 8.71. The summed E-state index contributed by atoms with van der Waals surface area (Å²) in [6, 6.07) is 7.44. The van der Waals surface area contributed by atoms with Crippen LogP contribution in [0.3, 0.4) is 0 Å². The van der Waals surface area contributed by atoms with E-state index in [0.29, 0.717) is 5.76 Å². The van der Waals surface area contributed by atoms with E-state index in [1.807, 2.05) is 0 Å². The lowest BCUT2D eigenvalue weighted by Crippen LogP contribution is -1.95. The Labute approximate surface area is 96.1 Å². The molecule has 0 unspecified atom stereocenters. The number of hydrogen-bond donors (Lipinski definition) is 0. The van der Waals surface area contributed by atoms with Gasteiger partial charge in [-0.3, -0.25) is 0 Å². The first-order valence-electron chi connectivity index (χ1n) is 4.79. The van der Waals surface area contributed by atoms with Crippen LogP contribution in [0, 0.1) is 5.82 Å². The molecule has 86 valence electrons. The molecule has 2 rings (SSSR count). The quantitative estimate of drug-likeness (QED) is 0.455. The minimum absolute atomic E-state index is 0.0817. The molecule has 0 radical (unpaired) electrons. The topological polar surface area (TPSA) is 71.1 Å². The molecule has 0 amide bonds. The summed E-state index contributed by atoms with van der Waals surface area (Å²) in [7, 11) is 0. The van der Waals surface area contributed by atoms with Crippen LogP contribution in [-0.4, -0.2) is 0 Å². The maximum Gasteiger partial charge on any atom is 0.165 e. The van der Waals surface area contributed by atoms with Gasteiger partial charge in [0.05, 0.1) is 6.26 Å². The molecule has 6 heteroatoms. The molecule has 0 aliphatic rings. The highest BCUT2D eigenvalue weighted by atomic mass is 19.1. The van der Waals surface area contributed by atoms with Crippen molar-refractivity contribution in [3.8, 4) is 5.75 Å². The summed E-state index contributed by atoms with van der Waals surface area (Å²) >= 11 is 0. The van der Waals surface area contributed by atoms with Gasteiger partial charge in [-0.2, -0.15) is 0 Å². The lowest BCUT2D eigenvalue weighted by Gasteiger charge is -2.05. The molecule has 2 aromatic rings. The third kappa shape index (κ3) is 2.76. The Morgan fingerprint density at radius 3 is 2.94 bits per heavy atom. The maximum absolute atomic E-state index is 13.5. The normalized spacial score (nSPS) is 9.71. The second-order valence-electron chi connectivity index (χ2n) is 3.17. The number of benzene rings is 1. The van der Waals surface area contributed by atoms with Gasteiger partial charge in [-0.05, 0) is 35.9 Å². The molecule has 0 N–H and O–H groups in total. The third-order valence-corrected chi connectivity index (χ3v) is 2.03. The minimum Gasteiger partial charge on any atom is -0.483 e. The summed E-state index contributed by atoms with van der Waals surface area (Å²) < 4.78 is 23.7. The summed E-state index contributed by atoms with van der Waals surface area (Å²) in [5, 5.41) is 3.29. The molecule has 17 heavy (non-hydrogen) atoms. The zero-order chi connectivity index (χ0) is 12.1. The van der Waals surface area contributed by atoms with Crippen LogP contribution >= 0.6 is 0 Å². The number of nitrogens with zero attached hydrogens (tertiary/aromatic N) is 3. The Bertz CT molecular complexity index is 548. The Balaban J connectivity index is 2.08. The highest BCUT2D eigenvalue weighted by molar-refractivity contribution is 5.42. The van der Waals surface area contributed by atoms with Crippen molar-refractivity contribution in [2.45, 2.75) is 6.61 Å². The predicted octanol–water partition coefficient (Wildman–Crippen LogP) is 3.94. The van der Waals surface area contributed by atoms with E-state index in [1.165, 1.54) is 18.4 Å². The molecule has 0 fully saturated rings. The number of ether oxygens (including phenoxy) is 1. The summed E-state index contributed by atoms with van der Waals surface area (Å²) in [4.78, 5) is 2.57. The van der Waals surface area contributed by atoms with Gasteiger partial charge in [-0.1, -0.05) is 5.11 Å². The molecule has 0 spiro atoms. The van der Waals surface area contributed by atoms with E-state index in [0.717, 1.165) is 6.07 Å². The van der Waals surface area contributed by atoms with Gasteiger partial charge in [0.25, 0.3) is 0 Å². The smallest absolute Gasteiger partial charge is 0.165 e. The third-order valence-electron chi connectivity index (χ3n) is 2.03. The second kappa shape index (κ2) is 5.05. The highest BCUT2D eigenvalue weighted by Gasteiger charge is 2.05. The number of azide groups is 1. The Kier molecular flexibility index (Phi) is 3.28. The fraction of sp³-hybridized carbons (Fsp3) is 0.0909. The van der Waals surface area contributed by atoms with Gasteiger partial charge < -0.3 is 9.15 Å². The highest BCUT2D eigenvalue weighted by Crippen LogP contribution is 2.23. The van der Waals surface area contributed by atoms with E-state index in [4.69, 9.17) is 14.7 Å². The Morgan fingerprint density at radius 2 is 2.29 bits per heavy atom. The van der Waals surface area contributed by atoms with Gasteiger partial charge >= 0.3 is 0 Å². The summed E-state index contributed by atoms with van der Waals surface area (Å²) in [6.07, 6.45) is 1.51. The van der Waals surface area contributed by atoms with Crippen molar-refractivity contribution in [1.82, 2.24) is 0 Å². The van der Waals surface area contributed by atoms with Crippen molar-refractivity contribution in [3.05, 3.63) is 58.6 Å². The van der Waals surface area contributed by atoms with Crippen molar-refractivity contribution in [2.24, 2.45) is 5.11 Å². The van der Waals surface area contributed by atoms with Crippen molar-refractivity contribution in [1.29, 1.82) is 0 Å². The van der Waals surface area contributed by atoms with E-state index >= 15 is 0 Å². The van der Waals surface area contributed by atoms with Crippen molar-refractivity contribution in [3.63, 3.8) is 0 Å². The average Bonchev–Trinajstić information content (AvgIpc) is 2.81. The molecule has 0 atom stereocenters. The van der Waals surface area contributed by atoms with Gasteiger partial charge in [-0.25, -0.2) is 4.39 Å². The van der Waals surface area contributed by atoms with Crippen molar-refractivity contribution in [2.75, 3.05) is 0 Å². The SMILES string of the molecule is [N-]=[N+]=Nc1ccc(OCc2ccco2)c(F)c1. The first-order chi connectivity index (χ1) is 8.29. The van der Waals surface area contributed by atoms with Crippen LogP contribution in [0.15, 0.2) is 46.1 Å². The molecule has 0 aliphatic heterocycles. The molecule has 5 nitrogen and oxygen atoms in total. The number of rotatable bonds is 4. The van der Waals surface area contributed by atoms with E-state index in [-0.39, 0.29) is 18.0 Å². The van der Waals surface area contributed by atoms with Crippen molar-refractivity contribution >= 4 is 5.69 Å². The van der Waals surface area contributed by atoms with Gasteiger partial charge in [0.15, 0.2) is 11.6 Å². The first-order valence-corrected chi connectivity index (χ1v) is 4.79. The summed E-state index contributed by atoms with van der Waals surface area (Å²) in [6.45, 7) is 0.144. The standard InChI is InChI=1S/C11H8FN3O2/c12-10-6-8(14-15-13)3-4-11(10)17-7-9-2-1-5-16-9/h1-6H,7H2. The largest absolute Gasteiger partial charge is 0.483 e. The minimum atomic E-state index is -0.582. The van der Waals surface area contributed by atoms with Gasteiger partial charge in [0, 0.05) is 10.6 Å². The molecule has 0 aliphatic carbocycles. The van der Waals surface area contributed by atoms with E-state index in [9.17, 15) is 4.39 Å². The molecule has 0 saturated carbocycles. The lowest BCUT2D eigenvalue weighted by atomic mass is 10.3. The number of halogens is 1. The van der Waals surface area contributed by atoms with Crippen LogP contribution in [0.4, 0.5) is 10.1 Å². The van der Waals surface area contributed by atoms with Crippen LogP contribution < -0.4 is 4.74 Å². The fourth-order valence-electron chi connectivity index (χ4n) is 1.26. The average molecular weight is 233 g/mol. The van der Waals surface area contributed by atoms with Crippen LogP contribution in [0.1, 0.15) is 5.76 Å². The lowest BCUT2D eigenvalue weighted by molar-refractivity contribution is 0.258. The van der Waals surface area contributed by atoms with Gasteiger partial charge in [0.2, 0.25) is 0 Å². The summed E-state index contributed by atoms with van der Waals surface area (Å²) in [5.74, 6) is 0.100. The molecule has 0 bridgehead atoms. The van der Waals surface area contributed by atoms with Crippen LogP contribution in [-0.2, 0) is 6.61 Å². The van der Waals surface area contributed by atoms with E-state index in [1.54, 1.807) is 12.1 Å². The predicted molar refractivity (Wildman–Crippen MR) is 58.2 cm³/mol. The fourth-order valence-corrected chi connectivity index (χ4v) is 1.26. The first kappa shape index (κ1) is 11.0. The molecule has 0 saturated heterocycles. The molecule has 1 heterocycles. The molecular formula is C11H8FN3O2. The Hall–Kier alpha value is -2.46. The molecular weight excluding hydrogens is 225 g/mol. The van der Waals surface area contributed by atoms with Crippen LogP contribution in [0.5, 0.6) is 5.75 Å². The van der Waals surface area contributed by atoms with Gasteiger partial charge in [-0.15, -0.1) is 0 Å². The Morgan fingerprint density at radius 1 is 1.41 bits per heavy atom. The molecule has 1 aromatic carbocycles. The van der Waals surface area contributed by atoms with E-state index < -0.39 is 5.82 Å². The number of hydrogen-bond acceptors (Lipinski definition) is 3. The second-order valence-corrected chi connectivity index (χ2v) is 3.17. The number of furan rings is 1. The zero-order valence-corrected chi connectivity index (χ0v) is 8.71. The van der Waals surface area contributed by atoms with Crippen molar-refractivity contribution < 1.29 is 13.5 Å². The van der Waals surface area contributed by atoms with Crippen LogP contribution in [0.25, 0.3) is 10.4 Å². The monoisotopic (exact) mass is 233 g/mol. The van der Waals surface area contributed by atoms with Crippen LogP contribution in [0.2, 0.25) is 0 Å².